The molecule has 0 saturated carbocycles. The summed E-state index contributed by atoms with van der Waals surface area (Å²) in [5, 5.41) is 4.34. The van der Waals surface area contributed by atoms with Crippen LogP contribution in [0.2, 0.25) is 0 Å². The van der Waals surface area contributed by atoms with E-state index in [1.54, 1.807) is 0 Å². The molecule has 2 rings (SSSR count). The van der Waals surface area contributed by atoms with Crippen LogP contribution < -0.4 is 0 Å². The van der Waals surface area contributed by atoms with Gasteiger partial charge < -0.3 is 0 Å². The van der Waals surface area contributed by atoms with Crippen LogP contribution in [0.3, 0.4) is 0 Å². The number of hydrogen-bond donors (Lipinski definition) is 0. The zero-order chi connectivity index (χ0) is 12.0. The van der Waals surface area contributed by atoms with Crippen molar-refractivity contribution < 1.29 is 0 Å². The van der Waals surface area contributed by atoms with Crippen LogP contribution in [0.4, 0.5) is 0 Å². The topological polar surface area (TPSA) is 17.8 Å². The first-order chi connectivity index (χ1) is 7.67. The van der Waals surface area contributed by atoms with Crippen LogP contribution in [0.1, 0.15) is 25.8 Å². The summed E-state index contributed by atoms with van der Waals surface area (Å²) in [5.74, 6) is 0. The molecule has 0 fully saturated rings. The molecule has 0 saturated heterocycles. The standard InChI is InChI=1S/C11H12N2.C3H8/c1-9-4-3-5-10(8-9)11-6-7-13(2)12-11;1-3-2/h3-8H,1-2H3;3H2,1-2H3. The van der Waals surface area contributed by atoms with Gasteiger partial charge in [0.15, 0.2) is 0 Å². The van der Waals surface area contributed by atoms with Crippen molar-refractivity contribution in [3.05, 3.63) is 42.1 Å². The van der Waals surface area contributed by atoms with Crippen molar-refractivity contribution in [1.29, 1.82) is 0 Å². The molecule has 0 amide bonds. The zero-order valence-corrected chi connectivity index (χ0v) is 10.6. The Morgan fingerprint density at radius 1 is 1.19 bits per heavy atom. The van der Waals surface area contributed by atoms with Gasteiger partial charge in [-0.2, -0.15) is 5.10 Å². The molecule has 0 spiro atoms. The number of rotatable bonds is 1. The normalized spacial score (nSPS) is 9.50. The van der Waals surface area contributed by atoms with Crippen molar-refractivity contribution in [3.8, 4) is 11.3 Å². The Hall–Kier alpha value is -1.57. The summed E-state index contributed by atoms with van der Waals surface area (Å²) in [7, 11) is 1.93. The number of aryl methyl sites for hydroxylation is 2. The second-order valence-corrected chi connectivity index (χ2v) is 3.95. The molecule has 2 heteroatoms. The van der Waals surface area contributed by atoms with E-state index in [0.717, 1.165) is 5.69 Å². The highest BCUT2D eigenvalue weighted by Gasteiger charge is 1.99. The van der Waals surface area contributed by atoms with Crippen molar-refractivity contribution >= 4 is 0 Å². The highest BCUT2D eigenvalue weighted by Crippen LogP contribution is 2.17. The first-order valence-corrected chi connectivity index (χ1v) is 5.74. The molecule has 0 aliphatic rings. The van der Waals surface area contributed by atoms with Crippen LogP contribution in [0.5, 0.6) is 0 Å². The summed E-state index contributed by atoms with van der Waals surface area (Å²) in [6.07, 6.45) is 3.21. The lowest BCUT2D eigenvalue weighted by molar-refractivity contribution is 0.771. The minimum absolute atomic E-state index is 1.03. The highest BCUT2D eigenvalue weighted by molar-refractivity contribution is 5.59. The van der Waals surface area contributed by atoms with Crippen LogP contribution in [-0.4, -0.2) is 9.78 Å². The van der Waals surface area contributed by atoms with Gasteiger partial charge in [0.25, 0.3) is 0 Å². The Bertz CT molecular complexity index is 430. The minimum atomic E-state index is 1.03. The van der Waals surface area contributed by atoms with Gasteiger partial charge in [0.1, 0.15) is 0 Å². The van der Waals surface area contributed by atoms with Crippen molar-refractivity contribution in [1.82, 2.24) is 9.78 Å². The Morgan fingerprint density at radius 3 is 2.38 bits per heavy atom. The Labute approximate surface area is 97.9 Å². The first-order valence-electron chi connectivity index (χ1n) is 5.74. The molecule has 86 valence electrons. The molecule has 16 heavy (non-hydrogen) atoms. The quantitative estimate of drug-likeness (QED) is 0.708. The number of hydrogen-bond acceptors (Lipinski definition) is 1. The molecule has 0 N–H and O–H groups in total. The summed E-state index contributed by atoms with van der Waals surface area (Å²) in [6.45, 7) is 6.34. The van der Waals surface area contributed by atoms with Gasteiger partial charge in [-0.3, -0.25) is 4.68 Å². The average Bonchev–Trinajstić information content (AvgIpc) is 2.66. The highest BCUT2D eigenvalue weighted by atomic mass is 15.2. The van der Waals surface area contributed by atoms with Gasteiger partial charge in [-0.1, -0.05) is 44.0 Å². The van der Waals surface area contributed by atoms with Crippen molar-refractivity contribution in [3.63, 3.8) is 0 Å². The van der Waals surface area contributed by atoms with E-state index in [2.05, 4.69) is 50.1 Å². The van der Waals surface area contributed by atoms with Gasteiger partial charge in [0.05, 0.1) is 5.69 Å². The maximum atomic E-state index is 4.34. The molecule has 2 aromatic rings. The second-order valence-electron chi connectivity index (χ2n) is 3.95. The third-order valence-electron chi connectivity index (χ3n) is 2.03. The van der Waals surface area contributed by atoms with Gasteiger partial charge in [-0.15, -0.1) is 0 Å². The molecule has 0 aliphatic heterocycles. The minimum Gasteiger partial charge on any atom is -0.275 e. The van der Waals surface area contributed by atoms with Crippen LogP contribution in [0.25, 0.3) is 11.3 Å². The molecule has 1 aromatic carbocycles. The van der Waals surface area contributed by atoms with E-state index in [4.69, 9.17) is 0 Å². The number of aromatic nitrogens is 2. The van der Waals surface area contributed by atoms with Crippen LogP contribution >= 0.6 is 0 Å². The molecular formula is C14H20N2. The van der Waals surface area contributed by atoms with Crippen LogP contribution in [0, 0.1) is 6.92 Å². The Morgan fingerprint density at radius 2 is 1.88 bits per heavy atom. The number of benzene rings is 1. The van der Waals surface area contributed by atoms with Crippen molar-refractivity contribution in [2.24, 2.45) is 7.05 Å². The maximum Gasteiger partial charge on any atom is 0.0923 e. The lowest BCUT2D eigenvalue weighted by atomic mass is 10.1. The smallest absolute Gasteiger partial charge is 0.0923 e. The molecule has 1 heterocycles. The van der Waals surface area contributed by atoms with Crippen molar-refractivity contribution in [2.45, 2.75) is 27.2 Å². The second kappa shape index (κ2) is 6.11. The fraction of sp³-hybridized carbons (Fsp3) is 0.357. The van der Waals surface area contributed by atoms with E-state index in [0.29, 0.717) is 0 Å². The van der Waals surface area contributed by atoms with Gasteiger partial charge in [0, 0.05) is 18.8 Å². The van der Waals surface area contributed by atoms with E-state index in [9.17, 15) is 0 Å². The maximum absolute atomic E-state index is 4.34. The Kier molecular flexibility index (Phi) is 4.77. The van der Waals surface area contributed by atoms with Gasteiger partial charge in [0.2, 0.25) is 0 Å². The van der Waals surface area contributed by atoms with E-state index in [1.807, 2.05) is 24.0 Å². The summed E-state index contributed by atoms with van der Waals surface area (Å²) < 4.78 is 1.82. The molecule has 0 atom stereocenters. The third-order valence-corrected chi connectivity index (χ3v) is 2.03. The molecule has 1 aromatic heterocycles. The third kappa shape index (κ3) is 3.54. The summed E-state index contributed by atoms with van der Waals surface area (Å²) >= 11 is 0. The molecular weight excluding hydrogens is 196 g/mol. The summed E-state index contributed by atoms with van der Waals surface area (Å²) in [6, 6.07) is 10.4. The predicted octanol–water partition coefficient (Wildman–Crippen LogP) is 3.81. The van der Waals surface area contributed by atoms with E-state index < -0.39 is 0 Å². The van der Waals surface area contributed by atoms with E-state index >= 15 is 0 Å². The summed E-state index contributed by atoms with van der Waals surface area (Å²) in [4.78, 5) is 0. The lowest BCUT2D eigenvalue weighted by Gasteiger charge is -1.97. The molecule has 0 unspecified atom stereocenters. The fourth-order valence-electron chi connectivity index (χ4n) is 1.37. The molecule has 0 bridgehead atoms. The van der Waals surface area contributed by atoms with Gasteiger partial charge in [-0.25, -0.2) is 0 Å². The summed E-state index contributed by atoms with van der Waals surface area (Å²) in [5.41, 5.74) is 3.48. The predicted molar refractivity (Wildman–Crippen MR) is 69.3 cm³/mol. The zero-order valence-electron chi connectivity index (χ0n) is 10.6. The van der Waals surface area contributed by atoms with Gasteiger partial charge >= 0.3 is 0 Å². The number of nitrogens with zero attached hydrogens (tertiary/aromatic N) is 2. The fourth-order valence-corrected chi connectivity index (χ4v) is 1.37. The van der Waals surface area contributed by atoms with Crippen LogP contribution in [-0.2, 0) is 7.05 Å². The lowest BCUT2D eigenvalue weighted by Crippen LogP contribution is -1.87. The monoisotopic (exact) mass is 216 g/mol. The first kappa shape index (κ1) is 12.5. The van der Waals surface area contributed by atoms with E-state index in [-0.39, 0.29) is 0 Å². The largest absolute Gasteiger partial charge is 0.275 e. The van der Waals surface area contributed by atoms with Crippen molar-refractivity contribution in [2.75, 3.05) is 0 Å². The van der Waals surface area contributed by atoms with Gasteiger partial charge in [-0.05, 0) is 19.1 Å². The van der Waals surface area contributed by atoms with Crippen LogP contribution in [0.15, 0.2) is 36.5 Å². The SMILES string of the molecule is CCC.Cc1cccc(-c2ccn(C)n2)c1. The average molecular weight is 216 g/mol. The molecule has 2 nitrogen and oxygen atoms in total. The Balaban J connectivity index is 0.000000386. The molecule has 0 aliphatic carbocycles. The molecule has 0 radical (unpaired) electrons. The van der Waals surface area contributed by atoms with E-state index in [1.165, 1.54) is 17.5 Å².